The Morgan fingerprint density at radius 3 is 3.04 bits per heavy atom. The van der Waals surface area contributed by atoms with Crippen molar-refractivity contribution in [3.63, 3.8) is 0 Å². The SMILES string of the molecule is CCOCC(=O)Nc1c2c(nn1CC(=O)NCC1CCCO1)CSC2. The van der Waals surface area contributed by atoms with Crippen LogP contribution in [-0.4, -0.2) is 54.1 Å². The van der Waals surface area contributed by atoms with Gasteiger partial charge in [0.1, 0.15) is 19.0 Å². The van der Waals surface area contributed by atoms with Gasteiger partial charge in [-0.1, -0.05) is 0 Å². The van der Waals surface area contributed by atoms with E-state index in [9.17, 15) is 9.59 Å². The van der Waals surface area contributed by atoms with Crippen molar-refractivity contribution >= 4 is 29.4 Å². The zero-order valence-corrected chi connectivity index (χ0v) is 15.2. The van der Waals surface area contributed by atoms with Crippen LogP contribution in [0.15, 0.2) is 0 Å². The summed E-state index contributed by atoms with van der Waals surface area (Å²) < 4.78 is 12.2. The zero-order valence-electron chi connectivity index (χ0n) is 14.4. The van der Waals surface area contributed by atoms with Gasteiger partial charge in [0.05, 0.1) is 11.8 Å². The second kappa shape index (κ2) is 8.68. The van der Waals surface area contributed by atoms with Crippen molar-refractivity contribution in [2.75, 3.05) is 31.7 Å². The first-order valence-electron chi connectivity index (χ1n) is 8.59. The third-order valence-electron chi connectivity index (χ3n) is 4.16. The van der Waals surface area contributed by atoms with E-state index in [1.807, 2.05) is 6.92 Å². The maximum absolute atomic E-state index is 12.2. The molecule has 2 N–H and O–H groups in total. The summed E-state index contributed by atoms with van der Waals surface area (Å²) in [7, 11) is 0. The van der Waals surface area contributed by atoms with Gasteiger partial charge >= 0.3 is 0 Å². The van der Waals surface area contributed by atoms with Crippen LogP contribution in [0.3, 0.4) is 0 Å². The molecule has 0 spiro atoms. The molecule has 2 aliphatic rings. The molecule has 2 aliphatic heterocycles. The molecule has 1 saturated heterocycles. The highest BCUT2D eigenvalue weighted by Crippen LogP contribution is 2.34. The number of aromatic nitrogens is 2. The lowest BCUT2D eigenvalue weighted by Gasteiger charge is -2.13. The molecule has 0 aliphatic carbocycles. The first-order chi connectivity index (χ1) is 12.2. The molecule has 1 aromatic rings. The minimum absolute atomic E-state index is 0.00515. The summed E-state index contributed by atoms with van der Waals surface area (Å²) in [6.07, 6.45) is 2.13. The van der Waals surface area contributed by atoms with Gasteiger partial charge in [-0.25, -0.2) is 4.68 Å². The Labute approximate surface area is 151 Å². The van der Waals surface area contributed by atoms with E-state index < -0.39 is 0 Å². The smallest absolute Gasteiger partial charge is 0.251 e. The lowest BCUT2D eigenvalue weighted by Crippen LogP contribution is -2.35. The summed E-state index contributed by atoms with van der Waals surface area (Å²) in [6.45, 7) is 3.67. The van der Waals surface area contributed by atoms with Crippen molar-refractivity contribution in [3.8, 4) is 0 Å². The second-order valence-corrected chi connectivity index (χ2v) is 7.03. The minimum Gasteiger partial charge on any atom is -0.376 e. The third-order valence-corrected chi connectivity index (χ3v) is 5.13. The highest BCUT2D eigenvalue weighted by molar-refractivity contribution is 7.98. The number of nitrogens with one attached hydrogen (secondary N) is 2. The van der Waals surface area contributed by atoms with E-state index in [4.69, 9.17) is 9.47 Å². The van der Waals surface area contributed by atoms with Gasteiger partial charge in [0, 0.05) is 36.8 Å². The lowest BCUT2D eigenvalue weighted by molar-refractivity contribution is -0.123. The number of carbonyl (C=O) groups is 2. The Balaban J connectivity index is 1.61. The first-order valence-corrected chi connectivity index (χ1v) is 9.75. The van der Waals surface area contributed by atoms with E-state index >= 15 is 0 Å². The summed E-state index contributed by atoms with van der Waals surface area (Å²) in [5, 5.41) is 10.2. The average molecular weight is 368 g/mol. The molecular weight excluding hydrogens is 344 g/mol. The average Bonchev–Trinajstić information content (AvgIpc) is 3.31. The number of ether oxygens (including phenoxy) is 2. The van der Waals surface area contributed by atoms with Crippen LogP contribution in [0, 0.1) is 0 Å². The number of nitrogens with zero attached hydrogens (tertiary/aromatic N) is 2. The molecule has 25 heavy (non-hydrogen) atoms. The molecule has 0 bridgehead atoms. The van der Waals surface area contributed by atoms with E-state index in [0.29, 0.717) is 19.0 Å². The predicted molar refractivity (Wildman–Crippen MR) is 94.3 cm³/mol. The molecule has 1 atom stereocenters. The molecule has 1 fully saturated rings. The molecule has 0 radical (unpaired) electrons. The fourth-order valence-electron chi connectivity index (χ4n) is 2.91. The minimum atomic E-state index is -0.234. The molecule has 8 nitrogen and oxygen atoms in total. The maximum atomic E-state index is 12.2. The molecule has 1 unspecified atom stereocenters. The van der Waals surface area contributed by atoms with Gasteiger partial charge in [-0.05, 0) is 19.8 Å². The molecule has 3 rings (SSSR count). The lowest BCUT2D eigenvalue weighted by atomic mass is 10.2. The van der Waals surface area contributed by atoms with Crippen LogP contribution < -0.4 is 10.6 Å². The van der Waals surface area contributed by atoms with Gasteiger partial charge in [0.2, 0.25) is 5.91 Å². The van der Waals surface area contributed by atoms with Crippen molar-refractivity contribution in [1.82, 2.24) is 15.1 Å². The van der Waals surface area contributed by atoms with Crippen molar-refractivity contribution in [2.24, 2.45) is 0 Å². The van der Waals surface area contributed by atoms with Crippen molar-refractivity contribution < 1.29 is 19.1 Å². The van der Waals surface area contributed by atoms with Gasteiger partial charge in [-0.3, -0.25) is 9.59 Å². The molecule has 1 aromatic heterocycles. The quantitative estimate of drug-likeness (QED) is 0.708. The van der Waals surface area contributed by atoms with Crippen LogP contribution in [0.4, 0.5) is 5.82 Å². The summed E-state index contributed by atoms with van der Waals surface area (Å²) in [5.74, 6) is 1.83. The molecule has 2 amide bonds. The molecule has 0 saturated carbocycles. The largest absolute Gasteiger partial charge is 0.376 e. The number of carbonyl (C=O) groups excluding carboxylic acids is 2. The van der Waals surface area contributed by atoms with Crippen LogP contribution in [0.1, 0.15) is 31.0 Å². The van der Waals surface area contributed by atoms with E-state index in [2.05, 4.69) is 15.7 Å². The van der Waals surface area contributed by atoms with E-state index in [-0.39, 0.29) is 31.1 Å². The highest BCUT2D eigenvalue weighted by atomic mass is 32.2. The van der Waals surface area contributed by atoms with E-state index in [0.717, 1.165) is 42.2 Å². The number of rotatable bonds is 8. The highest BCUT2D eigenvalue weighted by Gasteiger charge is 2.25. The Bertz CT molecular complexity index is 628. The van der Waals surface area contributed by atoms with Crippen molar-refractivity contribution in [2.45, 2.75) is 43.9 Å². The summed E-state index contributed by atoms with van der Waals surface area (Å²) in [4.78, 5) is 24.2. The van der Waals surface area contributed by atoms with E-state index in [1.54, 1.807) is 16.4 Å². The van der Waals surface area contributed by atoms with Crippen LogP contribution in [0.25, 0.3) is 0 Å². The molecular formula is C16H24N4O4S. The summed E-state index contributed by atoms with van der Waals surface area (Å²) in [5.41, 5.74) is 1.94. The predicted octanol–water partition coefficient (Wildman–Crippen LogP) is 0.900. The molecule has 9 heteroatoms. The Hall–Kier alpha value is -1.58. The topological polar surface area (TPSA) is 94.5 Å². The van der Waals surface area contributed by atoms with Crippen LogP contribution in [0.2, 0.25) is 0 Å². The molecule has 0 aromatic carbocycles. The molecule has 3 heterocycles. The zero-order chi connectivity index (χ0) is 17.6. The first kappa shape index (κ1) is 18.2. The Morgan fingerprint density at radius 2 is 2.28 bits per heavy atom. The summed E-state index contributed by atoms with van der Waals surface area (Å²) in [6, 6.07) is 0. The molecule has 138 valence electrons. The normalized spacial score (nSPS) is 19.0. The monoisotopic (exact) mass is 368 g/mol. The van der Waals surface area contributed by atoms with Crippen LogP contribution in [-0.2, 0) is 37.1 Å². The van der Waals surface area contributed by atoms with Crippen LogP contribution in [0.5, 0.6) is 0 Å². The number of hydrogen-bond donors (Lipinski definition) is 2. The fourth-order valence-corrected chi connectivity index (χ4v) is 3.94. The van der Waals surface area contributed by atoms with Crippen LogP contribution >= 0.6 is 11.8 Å². The Kier molecular flexibility index (Phi) is 6.33. The number of thioether (sulfide) groups is 1. The number of hydrogen-bond acceptors (Lipinski definition) is 6. The van der Waals surface area contributed by atoms with Gasteiger partial charge in [0.15, 0.2) is 0 Å². The number of amides is 2. The standard InChI is InChI=1S/C16H24N4O4S/c1-2-23-8-15(22)18-16-12-9-25-10-13(12)19-20(16)7-14(21)17-6-11-4-3-5-24-11/h11H,2-10H2,1H3,(H,17,21)(H,18,22). The third kappa shape index (κ3) is 4.74. The summed E-state index contributed by atoms with van der Waals surface area (Å²) >= 11 is 1.75. The van der Waals surface area contributed by atoms with Gasteiger partial charge in [0.25, 0.3) is 5.91 Å². The fraction of sp³-hybridized carbons (Fsp3) is 0.688. The second-order valence-electron chi connectivity index (χ2n) is 6.05. The van der Waals surface area contributed by atoms with Crippen molar-refractivity contribution in [3.05, 3.63) is 11.3 Å². The number of fused-ring (bicyclic) bond motifs is 1. The van der Waals surface area contributed by atoms with Crippen molar-refractivity contribution in [1.29, 1.82) is 0 Å². The Morgan fingerprint density at radius 1 is 1.40 bits per heavy atom. The van der Waals surface area contributed by atoms with Gasteiger partial charge in [-0.15, -0.1) is 0 Å². The van der Waals surface area contributed by atoms with E-state index in [1.165, 1.54) is 0 Å². The maximum Gasteiger partial charge on any atom is 0.251 e. The number of anilines is 1. The van der Waals surface area contributed by atoms with Gasteiger partial charge < -0.3 is 20.1 Å². The van der Waals surface area contributed by atoms with Gasteiger partial charge in [-0.2, -0.15) is 16.9 Å².